The first kappa shape index (κ1) is 19.2. The fraction of sp³-hybridized carbons (Fsp3) is 0.333. The van der Waals surface area contributed by atoms with Crippen LogP contribution in [0.5, 0.6) is 0 Å². The van der Waals surface area contributed by atoms with E-state index in [9.17, 15) is 14.4 Å². The summed E-state index contributed by atoms with van der Waals surface area (Å²) in [6.45, 7) is 5.50. The minimum Gasteiger partial charge on any atom is -0.465 e. The average Bonchev–Trinajstić information content (AvgIpc) is 2.88. The standard InChI is InChI=1S/C18H21N3O5/c1-5-26-15(22)10-21-12(3)16(11(2)20-21)19-17(23)13-6-8-14(9-7-13)18(24)25-4/h6-9H,5,10H2,1-4H3,(H,19,23). The Balaban J connectivity index is 2.15. The molecule has 0 aliphatic carbocycles. The zero-order valence-electron chi connectivity index (χ0n) is 15.2. The highest BCUT2D eigenvalue weighted by atomic mass is 16.5. The van der Waals surface area contributed by atoms with E-state index in [2.05, 4.69) is 15.2 Å². The molecule has 0 saturated carbocycles. The van der Waals surface area contributed by atoms with Crippen molar-refractivity contribution < 1.29 is 23.9 Å². The number of aryl methyl sites for hydroxylation is 1. The lowest BCUT2D eigenvalue weighted by atomic mass is 10.1. The van der Waals surface area contributed by atoms with E-state index in [1.807, 2.05) is 0 Å². The van der Waals surface area contributed by atoms with Gasteiger partial charge in [0.15, 0.2) is 0 Å². The van der Waals surface area contributed by atoms with Gasteiger partial charge in [-0.1, -0.05) is 0 Å². The van der Waals surface area contributed by atoms with Gasteiger partial charge in [0.1, 0.15) is 6.54 Å². The first-order valence-corrected chi connectivity index (χ1v) is 8.06. The van der Waals surface area contributed by atoms with Crippen LogP contribution < -0.4 is 5.32 Å². The van der Waals surface area contributed by atoms with Crippen LogP contribution in [0.3, 0.4) is 0 Å². The molecule has 138 valence electrons. The highest BCUT2D eigenvalue weighted by molar-refractivity contribution is 6.05. The van der Waals surface area contributed by atoms with Crippen molar-refractivity contribution in [2.45, 2.75) is 27.3 Å². The summed E-state index contributed by atoms with van der Waals surface area (Å²) in [4.78, 5) is 35.5. The number of carbonyl (C=O) groups is 3. The lowest BCUT2D eigenvalue weighted by Crippen LogP contribution is -2.16. The van der Waals surface area contributed by atoms with Crippen molar-refractivity contribution in [1.82, 2.24) is 9.78 Å². The zero-order chi connectivity index (χ0) is 19.3. The maximum Gasteiger partial charge on any atom is 0.337 e. The van der Waals surface area contributed by atoms with Crippen LogP contribution in [0.25, 0.3) is 0 Å². The quantitative estimate of drug-likeness (QED) is 0.793. The second kappa shape index (κ2) is 8.28. The number of benzene rings is 1. The van der Waals surface area contributed by atoms with Gasteiger partial charge < -0.3 is 14.8 Å². The van der Waals surface area contributed by atoms with Crippen molar-refractivity contribution in [3.8, 4) is 0 Å². The highest BCUT2D eigenvalue weighted by Gasteiger charge is 2.17. The molecule has 0 atom stereocenters. The van der Waals surface area contributed by atoms with Gasteiger partial charge in [0.25, 0.3) is 5.91 Å². The molecule has 2 rings (SSSR count). The molecule has 0 aliphatic heterocycles. The molecule has 0 bridgehead atoms. The number of nitrogens with zero attached hydrogens (tertiary/aromatic N) is 2. The first-order valence-electron chi connectivity index (χ1n) is 8.06. The summed E-state index contributed by atoms with van der Waals surface area (Å²) in [6.07, 6.45) is 0. The molecule has 1 aromatic heterocycles. The number of hydrogen-bond donors (Lipinski definition) is 1. The molecule has 1 N–H and O–H groups in total. The van der Waals surface area contributed by atoms with Crippen LogP contribution in [0.1, 0.15) is 39.0 Å². The van der Waals surface area contributed by atoms with E-state index in [1.165, 1.54) is 36.1 Å². The fourth-order valence-corrected chi connectivity index (χ4v) is 2.42. The third-order valence-electron chi connectivity index (χ3n) is 3.77. The van der Waals surface area contributed by atoms with Gasteiger partial charge in [-0.15, -0.1) is 0 Å². The number of rotatable bonds is 6. The highest BCUT2D eigenvalue weighted by Crippen LogP contribution is 2.20. The summed E-state index contributed by atoms with van der Waals surface area (Å²) in [7, 11) is 1.29. The van der Waals surface area contributed by atoms with Gasteiger partial charge in [-0.25, -0.2) is 4.79 Å². The lowest BCUT2D eigenvalue weighted by molar-refractivity contribution is -0.144. The zero-order valence-corrected chi connectivity index (χ0v) is 15.2. The number of nitrogens with one attached hydrogen (secondary N) is 1. The van der Waals surface area contributed by atoms with E-state index < -0.39 is 11.9 Å². The largest absolute Gasteiger partial charge is 0.465 e. The van der Waals surface area contributed by atoms with Crippen LogP contribution in [0.4, 0.5) is 5.69 Å². The molecule has 1 heterocycles. The molecular weight excluding hydrogens is 338 g/mol. The monoisotopic (exact) mass is 359 g/mol. The lowest BCUT2D eigenvalue weighted by Gasteiger charge is -2.07. The van der Waals surface area contributed by atoms with Crippen LogP contribution in [0.2, 0.25) is 0 Å². The number of hydrogen-bond acceptors (Lipinski definition) is 6. The molecule has 8 heteroatoms. The van der Waals surface area contributed by atoms with Gasteiger partial charge >= 0.3 is 11.9 Å². The third kappa shape index (κ3) is 4.27. The van der Waals surface area contributed by atoms with Gasteiger partial charge in [0.2, 0.25) is 0 Å². The van der Waals surface area contributed by atoms with E-state index >= 15 is 0 Å². The Labute approximate surface area is 151 Å². The number of ether oxygens (including phenoxy) is 2. The van der Waals surface area contributed by atoms with Crippen LogP contribution in [0, 0.1) is 13.8 Å². The maximum absolute atomic E-state index is 12.4. The van der Waals surface area contributed by atoms with Crippen molar-refractivity contribution in [2.24, 2.45) is 0 Å². The smallest absolute Gasteiger partial charge is 0.337 e. The normalized spacial score (nSPS) is 10.3. The van der Waals surface area contributed by atoms with Crippen molar-refractivity contribution >= 4 is 23.5 Å². The second-order valence-corrected chi connectivity index (χ2v) is 5.53. The van der Waals surface area contributed by atoms with E-state index in [0.717, 1.165) is 0 Å². The number of anilines is 1. The van der Waals surface area contributed by atoms with Crippen LogP contribution in [-0.2, 0) is 20.8 Å². The van der Waals surface area contributed by atoms with Gasteiger partial charge in [0.05, 0.1) is 36.4 Å². The van der Waals surface area contributed by atoms with E-state index in [4.69, 9.17) is 4.74 Å². The number of carbonyl (C=O) groups excluding carboxylic acids is 3. The SMILES string of the molecule is CCOC(=O)Cn1nc(C)c(NC(=O)c2ccc(C(=O)OC)cc2)c1C. The Morgan fingerprint density at radius 1 is 1.12 bits per heavy atom. The molecular formula is C18H21N3O5. The first-order chi connectivity index (χ1) is 12.4. The van der Waals surface area contributed by atoms with E-state index in [1.54, 1.807) is 20.8 Å². The second-order valence-electron chi connectivity index (χ2n) is 5.53. The van der Waals surface area contributed by atoms with Crippen molar-refractivity contribution in [1.29, 1.82) is 0 Å². The van der Waals surface area contributed by atoms with Crippen LogP contribution >= 0.6 is 0 Å². The molecule has 0 fully saturated rings. The topological polar surface area (TPSA) is 99.5 Å². The Kier molecular flexibility index (Phi) is 6.11. The maximum atomic E-state index is 12.4. The van der Waals surface area contributed by atoms with Crippen molar-refractivity contribution in [3.63, 3.8) is 0 Å². The number of amides is 1. The molecule has 1 aromatic carbocycles. The van der Waals surface area contributed by atoms with Gasteiger partial charge in [0, 0.05) is 5.56 Å². The molecule has 2 aromatic rings. The molecule has 26 heavy (non-hydrogen) atoms. The summed E-state index contributed by atoms with van der Waals surface area (Å²) < 4.78 is 11.0. The van der Waals surface area contributed by atoms with Crippen molar-refractivity contribution in [2.75, 3.05) is 19.0 Å². The minimum atomic E-state index is -0.469. The summed E-state index contributed by atoms with van der Waals surface area (Å²) >= 11 is 0. The van der Waals surface area contributed by atoms with Gasteiger partial charge in [-0.05, 0) is 45.0 Å². The number of methoxy groups -OCH3 is 1. The van der Waals surface area contributed by atoms with E-state index in [0.29, 0.717) is 34.8 Å². The molecule has 0 spiro atoms. The third-order valence-corrected chi connectivity index (χ3v) is 3.77. The van der Waals surface area contributed by atoms with Crippen LogP contribution in [0.15, 0.2) is 24.3 Å². The molecule has 0 saturated heterocycles. The van der Waals surface area contributed by atoms with Gasteiger partial charge in [-0.3, -0.25) is 14.3 Å². The average molecular weight is 359 g/mol. The molecule has 8 nitrogen and oxygen atoms in total. The Hall–Kier alpha value is -3.16. The summed E-state index contributed by atoms with van der Waals surface area (Å²) in [6, 6.07) is 6.11. The predicted octanol–water partition coefficient (Wildman–Crippen LogP) is 2.10. The summed E-state index contributed by atoms with van der Waals surface area (Å²) in [5, 5.41) is 7.06. The summed E-state index contributed by atoms with van der Waals surface area (Å²) in [5.41, 5.74) is 2.52. The predicted molar refractivity (Wildman–Crippen MR) is 94.1 cm³/mol. The Bertz CT molecular complexity index is 824. The number of esters is 2. The number of aromatic nitrogens is 2. The van der Waals surface area contributed by atoms with Gasteiger partial charge in [-0.2, -0.15) is 5.10 Å². The van der Waals surface area contributed by atoms with Crippen LogP contribution in [-0.4, -0.2) is 41.3 Å². The Morgan fingerprint density at radius 3 is 2.31 bits per heavy atom. The molecule has 0 radical (unpaired) electrons. The van der Waals surface area contributed by atoms with Crippen molar-refractivity contribution in [3.05, 3.63) is 46.8 Å². The molecule has 0 aliphatic rings. The van der Waals surface area contributed by atoms with E-state index in [-0.39, 0.29) is 12.5 Å². The molecule has 0 unspecified atom stereocenters. The Morgan fingerprint density at radius 2 is 1.73 bits per heavy atom. The summed E-state index contributed by atoms with van der Waals surface area (Å²) in [5.74, 6) is -1.21. The molecule has 1 amide bonds. The minimum absolute atomic E-state index is 0.0236. The fourth-order valence-electron chi connectivity index (χ4n) is 2.42.